The Morgan fingerprint density at radius 3 is 2.05 bits per heavy atom. The third kappa shape index (κ3) is 8.87. The molecule has 2 aliphatic heterocycles. The fourth-order valence-electron chi connectivity index (χ4n) is 5.36. The van der Waals surface area contributed by atoms with Gasteiger partial charge in [-0.25, -0.2) is 35.9 Å². The van der Waals surface area contributed by atoms with Gasteiger partial charge in [-0.05, 0) is 61.8 Å². The predicted octanol–water partition coefficient (Wildman–Crippen LogP) is 2.82. The van der Waals surface area contributed by atoms with Crippen LogP contribution >= 0.6 is 0 Å². The predicted molar refractivity (Wildman–Crippen MR) is 145 cm³/mol. The first-order valence-corrected chi connectivity index (χ1v) is 14.7. The second-order valence-corrected chi connectivity index (χ2v) is 11.9. The molecule has 2 aromatic carbocycles. The van der Waals surface area contributed by atoms with Gasteiger partial charge in [0.15, 0.2) is 11.6 Å². The van der Waals surface area contributed by atoms with Crippen molar-refractivity contribution >= 4 is 27.9 Å². The molecule has 0 aliphatic carbocycles. The lowest BCUT2D eigenvalue weighted by Crippen LogP contribution is -2.50. The summed E-state index contributed by atoms with van der Waals surface area (Å²) in [6, 6.07) is 8.89. The normalized spacial score (nSPS) is 20.6. The van der Waals surface area contributed by atoms with Crippen LogP contribution in [0.4, 0.5) is 13.2 Å². The fourth-order valence-corrected chi connectivity index (χ4v) is 6.42. The number of nitrogens with two attached hydrogens (primary N) is 1. The van der Waals surface area contributed by atoms with Gasteiger partial charge in [0.25, 0.3) is 0 Å². The Hall–Kier alpha value is -3.75. The van der Waals surface area contributed by atoms with Crippen molar-refractivity contribution in [2.75, 3.05) is 6.54 Å². The van der Waals surface area contributed by atoms with Crippen LogP contribution in [0, 0.1) is 23.4 Å². The number of rotatable bonds is 10. The van der Waals surface area contributed by atoms with Crippen molar-refractivity contribution in [2.45, 2.75) is 61.5 Å². The molecule has 228 valence electrons. The lowest BCUT2D eigenvalue weighted by Gasteiger charge is -2.41. The molecule has 3 atom stereocenters. The van der Waals surface area contributed by atoms with Crippen LogP contribution in [-0.2, 0) is 30.8 Å². The second kappa shape index (κ2) is 14.4. The lowest BCUT2D eigenvalue weighted by atomic mass is 9.82. The van der Waals surface area contributed by atoms with E-state index in [-0.39, 0.29) is 53.8 Å². The van der Waals surface area contributed by atoms with Crippen LogP contribution in [0.15, 0.2) is 59.5 Å². The summed E-state index contributed by atoms with van der Waals surface area (Å²) in [7, 11) is -3.68. The molecule has 4 rings (SSSR count). The van der Waals surface area contributed by atoms with Crippen molar-refractivity contribution in [2.24, 2.45) is 11.7 Å². The molecule has 0 spiro atoms. The number of nitrogens with one attached hydrogen (secondary N) is 1. The highest BCUT2D eigenvalue weighted by molar-refractivity contribution is 7.89. The van der Waals surface area contributed by atoms with Crippen LogP contribution in [0.3, 0.4) is 0 Å². The lowest BCUT2D eigenvalue weighted by molar-refractivity contribution is -0.136. The van der Waals surface area contributed by atoms with Gasteiger partial charge < -0.3 is 20.8 Å². The number of hydrogen-bond donors (Lipinski definition) is 4. The maximum Gasteiger partial charge on any atom is 0.328 e. The summed E-state index contributed by atoms with van der Waals surface area (Å²) in [4.78, 5) is 34.0. The number of piperidine rings is 1. The molecular formula is C28H32F3N3O7S. The van der Waals surface area contributed by atoms with Crippen molar-refractivity contribution in [3.8, 4) is 0 Å². The van der Waals surface area contributed by atoms with Crippen LogP contribution in [0.25, 0.3) is 0 Å². The average molecular weight is 612 g/mol. The van der Waals surface area contributed by atoms with E-state index in [0.29, 0.717) is 31.1 Å². The largest absolute Gasteiger partial charge is 0.478 e. The number of nitrogens with zero attached hydrogens (tertiary/aromatic N) is 1. The highest BCUT2D eigenvalue weighted by atomic mass is 32.2. The van der Waals surface area contributed by atoms with Crippen LogP contribution in [-0.4, -0.2) is 66.0 Å². The molecule has 2 fully saturated rings. The van der Waals surface area contributed by atoms with Crippen molar-refractivity contribution < 1.29 is 46.2 Å². The maximum absolute atomic E-state index is 14.0. The number of carbonyl (C=O) groups is 3. The highest BCUT2D eigenvalue weighted by Crippen LogP contribution is 2.40. The zero-order valence-corrected chi connectivity index (χ0v) is 23.3. The molecule has 2 aromatic rings. The van der Waals surface area contributed by atoms with Crippen LogP contribution in [0.1, 0.15) is 37.7 Å². The quantitative estimate of drug-likeness (QED) is 0.235. The van der Waals surface area contributed by atoms with Gasteiger partial charge in [0.05, 0.1) is 4.90 Å². The minimum Gasteiger partial charge on any atom is -0.478 e. The summed E-state index contributed by atoms with van der Waals surface area (Å²) in [5, 5.41) is 15.6. The number of fused-ring (bicyclic) bond motifs is 2. The monoisotopic (exact) mass is 611 g/mol. The van der Waals surface area contributed by atoms with E-state index < -0.39 is 45.5 Å². The summed E-state index contributed by atoms with van der Waals surface area (Å²) in [6.07, 6.45) is 4.20. The number of carboxylic acids is 2. The summed E-state index contributed by atoms with van der Waals surface area (Å²) in [6.45, 7) is 0.00432. The number of aliphatic carboxylic acids is 2. The molecule has 0 aromatic heterocycles. The molecule has 10 nitrogen and oxygen atoms in total. The number of halogens is 3. The SMILES string of the molecule is N[C@H](Cc1cc(F)c(F)cc1F)C1CC2CCC(C1)N2C(=O)CCNS(=O)(=O)c1ccccc1.O=C(O)/C=C\C(=O)O. The smallest absolute Gasteiger partial charge is 0.328 e. The molecule has 5 N–H and O–H groups in total. The van der Waals surface area contributed by atoms with E-state index in [9.17, 15) is 36.0 Å². The number of carboxylic acid groups (broad SMARTS) is 2. The molecular weight excluding hydrogens is 579 g/mol. The Morgan fingerprint density at radius 1 is 0.952 bits per heavy atom. The van der Waals surface area contributed by atoms with Gasteiger partial charge in [0, 0.05) is 49.3 Å². The molecule has 2 unspecified atom stereocenters. The molecule has 0 radical (unpaired) electrons. The number of amides is 1. The third-order valence-electron chi connectivity index (χ3n) is 7.26. The molecule has 14 heteroatoms. The average Bonchev–Trinajstić information content (AvgIpc) is 3.20. The number of carbonyl (C=O) groups excluding carboxylic acids is 1. The van der Waals surface area contributed by atoms with Crippen LogP contribution < -0.4 is 10.5 Å². The minimum absolute atomic E-state index is 0.00432. The Labute approximate surface area is 241 Å². The number of hydrogen-bond acceptors (Lipinski definition) is 6. The van der Waals surface area contributed by atoms with E-state index in [1.54, 1.807) is 18.2 Å². The molecule has 2 saturated heterocycles. The maximum atomic E-state index is 14.0. The first-order valence-electron chi connectivity index (χ1n) is 13.2. The van der Waals surface area contributed by atoms with Gasteiger partial charge in [-0.15, -0.1) is 0 Å². The number of sulfonamides is 1. The molecule has 2 heterocycles. The standard InChI is InChI=1S/C24H28F3N3O3S.C4H4O4/c25-20-14-22(27)21(26)12-15(20)13-23(28)16-10-17-6-7-18(11-16)30(17)24(31)8-9-29-34(32,33)19-4-2-1-3-5-19;5-3(6)1-2-4(7)8/h1-5,12,14,16-18,23,29H,6-11,13,28H2;1-2H,(H,5,6)(H,7,8)/b;2-1-/t16?,17?,18?,23-;/m1./s1. The molecule has 2 aliphatic rings. The van der Waals surface area contributed by atoms with Gasteiger partial charge in [-0.3, -0.25) is 4.79 Å². The Bertz CT molecular complexity index is 1390. The number of benzene rings is 2. The highest BCUT2D eigenvalue weighted by Gasteiger charge is 2.44. The Morgan fingerprint density at radius 2 is 1.50 bits per heavy atom. The van der Waals surface area contributed by atoms with E-state index in [1.807, 2.05) is 4.90 Å². The van der Waals surface area contributed by atoms with E-state index in [4.69, 9.17) is 15.9 Å². The molecule has 1 amide bonds. The first kappa shape index (κ1) is 32.8. The van der Waals surface area contributed by atoms with Crippen molar-refractivity contribution in [1.29, 1.82) is 0 Å². The zero-order chi connectivity index (χ0) is 31.0. The Kier molecular flexibility index (Phi) is 11.3. The van der Waals surface area contributed by atoms with E-state index >= 15 is 0 Å². The van der Waals surface area contributed by atoms with Crippen molar-refractivity contribution in [1.82, 2.24) is 9.62 Å². The van der Waals surface area contributed by atoms with Crippen LogP contribution in [0.5, 0.6) is 0 Å². The zero-order valence-electron chi connectivity index (χ0n) is 22.5. The Balaban J connectivity index is 0.000000531. The van der Waals surface area contributed by atoms with Gasteiger partial charge in [-0.1, -0.05) is 18.2 Å². The van der Waals surface area contributed by atoms with Gasteiger partial charge in [-0.2, -0.15) is 0 Å². The topological polar surface area (TPSA) is 167 Å². The minimum atomic E-state index is -3.68. The summed E-state index contributed by atoms with van der Waals surface area (Å²) in [5.41, 5.74) is 6.38. The van der Waals surface area contributed by atoms with Gasteiger partial charge >= 0.3 is 11.9 Å². The summed E-state index contributed by atoms with van der Waals surface area (Å²) >= 11 is 0. The van der Waals surface area contributed by atoms with Crippen molar-refractivity contribution in [3.63, 3.8) is 0 Å². The van der Waals surface area contributed by atoms with E-state index in [0.717, 1.165) is 18.9 Å². The third-order valence-corrected chi connectivity index (χ3v) is 8.74. The molecule has 42 heavy (non-hydrogen) atoms. The fraction of sp³-hybridized carbons (Fsp3) is 0.393. The van der Waals surface area contributed by atoms with Gasteiger partial charge in [0.2, 0.25) is 15.9 Å². The molecule has 0 saturated carbocycles. The summed E-state index contributed by atoms with van der Waals surface area (Å²) < 4.78 is 67.9. The van der Waals surface area contributed by atoms with E-state index in [2.05, 4.69) is 4.72 Å². The van der Waals surface area contributed by atoms with E-state index in [1.165, 1.54) is 12.1 Å². The second-order valence-electron chi connectivity index (χ2n) is 10.1. The van der Waals surface area contributed by atoms with Gasteiger partial charge in [0.1, 0.15) is 5.82 Å². The molecule has 2 bridgehead atoms. The van der Waals surface area contributed by atoms with Crippen LogP contribution in [0.2, 0.25) is 0 Å². The first-order chi connectivity index (χ1) is 19.8. The van der Waals surface area contributed by atoms with Crippen molar-refractivity contribution in [3.05, 3.63) is 77.6 Å². The summed E-state index contributed by atoms with van der Waals surface area (Å²) in [5.74, 6) is -5.76.